The molecule has 2 aromatic rings. The SMILES string of the molecule is CCCCCCCC(=O)On1c(=N)n[n+]([O-])c2cc(OC)ccc21. The molecule has 8 nitrogen and oxygen atoms in total. The number of ether oxygens (including phenoxy) is 1. The first kappa shape index (κ1) is 17.7. The normalized spacial score (nSPS) is 10.8. The largest absolute Gasteiger partial charge is 0.594 e. The Labute approximate surface area is 139 Å². The first-order chi connectivity index (χ1) is 11.6. The van der Waals surface area contributed by atoms with E-state index in [1.807, 2.05) is 0 Å². The minimum atomic E-state index is -0.451. The Balaban J connectivity index is 2.16. The van der Waals surface area contributed by atoms with Crippen LogP contribution in [-0.4, -0.2) is 22.9 Å². The van der Waals surface area contributed by atoms with Crippen LogP contribution in [0.25, 0.3) is 11.0 Å². The summed E-state index contributed by atoms with van der Waals surface area (Å²) in [6.07, 6.45) is 5.35. The number of benzene rings is 1. The average Bonchev–Trinajstić information content (AvgIpc) is 2.58. The van der Waals surface area contributed by atoms with E-state index in [0.717, 1.165) is 36.8 Å². The van der Waals surface area contributed by atoms with E-state index in [1.165, 1.54) is 13.2 Å². The smallest absolute Gasteiger partial charge is 0.333 e. The van der Waals surface area contributed by atoms with Crippen LogP contribution in [0.2, 0.25) is 0 Å². The van der Waals surface area contributed by atoms with Gasteiger partial charge >= 0.3 is 11.6 Å². The zero-order valence-corrected chi connectivity index (χ0v) is 13.9. The highest BCUT2D eigenvalue weighted by molar-refractivity contribution is 5.75. The summed E-state index contributed by atoms with van der Waals surface area (Å²) in [6.45, 7) is 2.13. The Morgan fingerprint density at radius 2 is 2.08 bits per heavy atom. The lowest BCUT2D eigenvalue weighted by molar-refractivity contribution is -0.645. The average molecular weight is 334 g/mol. The van der Waals surface area contributed by atoms with E-state index in [0.29, 0.717) is 10.6 Å². The quantitative estimate of drug-likeness (QED) is 0.447. The molecular weight excluding hydrogens is 312 g/mol. The summed E-state index contributed by atoms with van der Waals surface area (Å²) in [6, 6.07) is 4.65. The van der Waals surface area contributed by atoms with E-state index in [9.17, 15) is 10.0 Å². The van der Waals surface area contributed by atoms with Gasteiger partial charge in [-0.25, -0.2) is 4.79 Å². The fourth-order valence-electron chi connectivity index (χ4n) is 2.36. The molecule has 2 rings (SSSR count). The van der Waals surface area contributed by atoms with Crippen molar-refractivity contribution in [2.75, 3.05) is 7.11 Å². The van der Waals surface area contributed by atoms with Crippen LogP contribution in [0, 0.1) is 10.6 Å². The van der Waals surface area contributed by atoms with Crippen LogP contribution in [0.4, 0.5) is 0 Å². The van der Waals surface area contributed by atoms with E-state index in [1.54, 1.807) is 12.1 Å². The lowest BCUT2D eigenvalue weighted by Crippen LogP contribution is -2.45. The van der Waals surface area contributed by atoms with E-state index in [2.05, 4.69) is 12.0 Å². The lowest BCUT2D eigenvalue weighted by Gasteiger charge is -2.10. The Morgan fingerprint density at radius 1 is 1.33 bits per heavy atom. The predicted molar refractivity (Wildman–Crippen MR) is 86.1 cm³/mol. The molecule has 24 heavy (non-hydrogen) atoms. The molecule has 0 atom stereocenters. The molecule has 0 fully saturated rings. The number of rotatable bonds is 8. The van der Waals surface area contributed by atoms with Gasteiger partial charge in [0.25, 0.3) is 5.52 Å². The third-order valence-electron chi connectivity index (χ3n) is 3.66. The van der Waals surface area contributed by atoms with E-state index < -0.39 is 11.6 Å². The number of methoxy groups -OCH3 is 1. The lowest BCUT2D eigenvalue weighted by atomic mass is 10.1. The van der Waals surface area contributed by atoms with E-state index >= 15 is 0 Å². The third kappa shape index (κ3) is 4.21. The van der Waals surface area contributed by atoms with Crippen LogP contribution in [-0.2, 0) is 4.79 Å². The third-order valence-corrected chi connectivity index (χ3v) is 3.66. The highest BCUT2D eigenvalue weighted by atomic mass is 16.7. The van der Waals surface area contributed by atoms with Gasteiger partial charge in [-0.05, 0) is 23.4 Å². The van der Waals surface area contributed by atoms with Gasteiger partial charge in [0.2, 0.25) is 0 Å². The van der Waals surface area contributed by atoms with Crippen molar-refractivity contribution >= 4 is 17.0 Å². The maximum Gasteiger partial charge on any atom is 0.333 e. The zero-order valence-electron chi connectivity index (χ0n) is 13.9. The number of carbonyl (C=O) groups is 1. The van der Waals surface area contributed by atoms with Gasteiger partial charge in [-0.2, -0.15) is 0 Å². The second-order valence-electron chi connectivity index (χ2n) is 5.47. The zero-order chi connectivity index (χ0) is 17.5. The second-order valence-corrected chi connectivity index (χ2v) is 5.47. The molecule has 1 heterocycles. The fourth-order valence-corrected chi connectivity index (χ4v) is 2.36. The van der Waals surface area contributed by atoms with Crippen molar-refractivity contribution in [2.24, 2.45) is 0 Å². The number of fused-ring (bicyclic) bond motifs is 1. The maximum atomic E-state index is 12.0. The number of unbranched alkanes of at least 4 members (excludes halogenated alkanes) is 4. The van der Waals surface area contributed by atoms with Gasteiger partial charge in [-0.15, -0.1) is 4.73 Å². The number of carbonyl (C=O) groups excluding carboxylic acids is 1. The van der Waals surface area contributed by atoms with Crippen LogP contribution in [0.5, 0.6) is 5.75 Å². The summed E-state index contributed by atoms with van der Waals surface area (Å²) < 4.78 is 6.04. The Bertz CT molecular complexity index is 772. The van der Waals surface area contributed by atoms with Crippen molar-refractivity contribution in [1.82, 2.24) is 9.83 Å². The van der Waals surface area contributed by atoms with Crippen molar-refractivity contribution in [3.05, 3.63) is 29.0 Å². The molecule has 0 aliphatic heterocycles. The number of aromatic nitrogens is 3. The van der Waals surface area contributed by atoms with E-state index in [4.69, 9.17) is 15.0 Å². The molecule has 8 heteroatoms. The molecule has 1 aromatic heterocycles. The van der Waals surface area contributed by atoms with Crippen LogP contribution < -0.4 is 20.0 Å². The van der Waals surface area contributed by atoms with Gasteiger partial charge in [0, 0.05) is 6.42 Å². The van der Waals surface area contributed by atoms with Gasteiger partial charge in [0.05, 0.1) is 18.3 Å². The number of nitrogens with zero attached hydrogens (tertiary/aromatic N) is 3. The number of hydrogen-bond donors (Lipinski definition) is 1. The molecule has 0 unspecified atom stereocenters. The first-order valence-corrected chi connectivity index (χ1v) is 8.03. The second kappa shape index (κ2) is 8.28. The molecule has 0 saturated carbocycles. The molecule has 1 N–H and O–H groups in total. The van der Waals surface area contributed by atoms with E-state index in [-0.39, 0.29) is 17.5 Å². The van der Waals surface area contributed by atoms with Gasteiger partial charge in [-0.3, -0.25) is 5.41 Å². The summed E-state index contributed by atoms with van der Waals surface area (Å²) >= 11 is 0. The standard InChI is InChI=1S/C16H22N4O4/c1-3-4-5-6-7-8-15(21)24-19-13-10-9-12(23-2)11-14(13)20(22)18-16(19)17/h9-11,17H,3-8H2,1-2H3. The van der Waals surface area contributed by atoms with Gasteiger partial charge < -0.3 is 14.8 Å². The Hall–Kier alpha value is -2.64. The van der Waals surface area contributed by atoms with Crippen molar-refractivity contribution in [2.45, 2.75) is 45.4 Å². The maximum absolute atomic E-state index is 12.0. The van der Waals surface area contributed by atoms with Gasteiger partial charge in [0.15, 0.2) is 5.52 Å². The molecule has 1 aromatic carbocycles. The molecule has 0 amide bonds. The summed E-state index contributed by atoms with van der Waals surface area (Å²) in [4.78, 5) is 17.5. The summed E-state index contributed by atoms with van der Waals surface area (Å²) in [5.74, 6) is 0.0213. The highest BCUT2D eigenvalue weighted by Crippen LogP contribution is 2.16. The molecule has 0 radical (unpaired) electrons. The fraction of sp³-hybridized carbons (Fsp3) is 0.500. The predicted octanol–water partition coefficient (Wildman–Crippen LogP) is 1.47. The molecular formula is C16H22N4O4. The molecule has 0 saturated heterocycles. The number of nitrogens with one attached hydrogen (secondary N) is 1. The topological polar surface area (TPSA) is 104 Å². The summed E-state index contributed by atoms with van der Waals surface area (Å²) in [5, 5.41) is 23.1. The minimum Gasteiger partial charge on any atom is -0.594 e. The van der Waals surface area contributed by atoms with Crippen LogP contribution in [0.15, 0.2) is 18.2 Å². The number of hydrogen-bond acceptors (Lipinski definition) is 6. The van der Waals surface area contributed by atoms with Gasteiger partial charge in [0.1, 0.15) is 5.75 Å². The minimum absolute atomic E-state index is 0.154. The highest BCUT2D eigenvalue weighted by Gasteiger charge is 2.16. The van der Waals surface area contributed by atoms with Crippen LogP contribution >= 0.6 is 0 Å². The summed E-state index contributed by atoms with van der Waals surface area (Å²) in [5.41, 5.74) is -0.00627. The molecule has 0 aliphatic rings. The van der Waals surface area contributed by atoms with Crippen molar-refractivity contribution < 1.29 is 19.2 Å². The molecule has 0 bridgehead atoms. The Morgan fingerprint density at radius 3 is 2.79 bits per heavy atom. The van der Waals surface area contributed by atoms with Crippen molar-refractivity contribution in [3.63, 3.8) is 0 Å². The van der Waals surface area contributed by atoms with Gasteiger partial charge in [-0.1, -0.05) is 32.6 Å². The first-order valence-electron chi connectivity index (χ1n) is 8.03. The monoisotopic (exact) mass is 334 g/mol. The summed E-state index contributed by atoms with van der Waals surface area (Å²) in [7, 11) is 1.48. The van der Waals surface area contributed by atoms with Crippen molar-refractivity contribution in [3.8, 4) is 5.75 Å². The molecule has 0 aliphatic carbocycles. The Kier molecular flexibility index (Phi) is 6.11. The molecule has 0 spiro atoms. The van der Waals surface area contributed by atoms with Crippen molar-refractivity contribution in [1.29, 1.82) is 5.41 Å². The molecule has 130 valence electrons. The van der Waals surface area contributed by atoms with Crippen LogP contribution in [0.3, 0.4) is 0 Å². The van der Waals surface area contributed by atoms with Crippen LogP contribution in [0.1, 0.15) is 45.4 Å².